The molecule has 0 amide bonds. The van der Waals surface area contributed by atoms with Crippen LogP contribution in [-0.2, 0) is 13.1 Å². The van der Waals surface area contributed by atoms with Gasteiger partial charge < -0.3 is 5.32 Å². The van der Waals surface area contributed by atoms with Crippen LogP contribution in [0.2, 0.25) is 5.02 Å². The summed E-state index contributed by atoms with van der Waals surface area (Å²) < 4.78 is 2.77. The lowest BCUT2D eigenvalue weighted by Gasteiger charge is -2.06. The molecular formula is C12H14BrClN4. The monoisotopic (exact) mass is 328 g/mol. The molecule has 0 radical (unpaired) electrons. The van der Waals surface area contributed by atoms with Gasteiger partial charge in [-0.05, 0) is 46.6 Å². The molecule has 0 bridgehead atoms. The average Bonchev–Trinajstić information content (AvgIpc) is 2.86. The van der Waals surface area contributed by atoms with E-state index in [-0.39, 0.29) is 0 Å². The second kappa shape index (κ2) is 6.87. The summed E-state index contributed by atoms with van der Waals surface area (Å²) in [5.74, 6) is 0. The minimum Gasteiger partial charge on any atom is -0.313 e. The van der Waals surface area contributed by atoms with Crippen molar-refractivity contribution in [2.45, 2.75) is 19.5 Å². The van der Waals surface area contributed by atoms with Crippen LogP contribution in [0.5, 0.6) is 0 Å². The lowest BCUT2D eigenvalue weighted by Crippen LogP contribution is -2.16. The van der Waals surface area contributed by atoms with Crippen molar-refractivity contribution in [2.24, 2.45) is 0 Å². The molecule has 0 saturated carbocycles. The lowest BCUT2D eigenvalue weighted by molar-refractivity contribution is 0.530. The summed E-state index contributed by atoms with van der Waals surface area (Å²) >= 11 is 9.36. The largest absolute Gasteiger partial charge is 0.313 e. The van der Waals surface area contributed by atoms with Crippen LogP contribution < -0.4 is 5.32 Å². The highest BCUT2D eigenvalue weighted by molar-refractivity contribution is 9.10. The Morgan fingerprint density at radius 1 is 1.39 bits per heavy atom. The van der Waals surface area contributed by atoms with E-state index in [1.165, 1.54) is 5.56 Å². The van der Waals surface area contributed by atoms with Gasteiger partial charge in [0.05, 0.1) is 11.2 Å². The predicted molar refractivity (Wildman–Crippen MR) is 75.5 cm³/mol. The molecule has 0 unspecified atom stereocenters. The zero-order valence-electron chi connectivity index (χ0n) is 9.81. The third kappa shape index (κ3) is 4.08. The first-order valence-electron chi connectivity index (χ1n) is 5.74. The van der Waals surface area contributed by atoms with E-state index in [9.17, 15) is 0 Å². The van der Waals surface area contributed by atoms with Gasteiger partial charge in [-0.3, -0.25) is 4.68 Å². The first-order valence-corrected chi connectivity index (χ1v) is 6.91. The molecule has 0 saturated heterocycles. The third-order valence-corrected chi connectivity index (χ3v) is 3.74. The van der Waals surface area contributed by atoms with Gasteiger partial charge in [-0.15, -0.1) is 5.10 Å². The summed E-state index contributed by atoms with van der Waals surface area (Å²) in [5.41, 5.74) is 1.21. The Morgan fingerprint density at radius 2 is 2.28 bits per heavy atom. The molecule has 2 aromatic rings. The Labute approximate surface area is 119 Å². The van der Waals surface area contributed by atoms with Crippen LogP contribution in [0.15, 0.2) is 35.1 Å². The van der Waals surface area contributed by atoms with E-state index in [1.807, 2.05) is 29.1 Å². The average molecular weight is 330 g/mol. The van der Waals surface area contributed by atoms with Crippen molar-refractivity contribution in [1.29, 1.82) is 0 Å². The van der Waals surface area contributed by atoms with Gasteiger partial charge in [0.1, 0.15) is 0 Å². The van der Waals surface area contributed by atoms with Gasteiger partial charge in [0.15, 0.2) is 0 Å². The van der Waals surface area contributed by atoms with Gasteiger partial charge >= 0.3 is 0 Å². The molecule has 0 aliphatic heterocycles. The number of hydrogen-bond acceptors (Lipinski definition) is 3. The number of aromatic nitrogens is 3. The van der Waals surface area contributed by atoms with Crippen LogP contribution in [0, 0.1) is 0 Å². The number of halogens is 2. The summed E-state index contributed by atoms with van der Waals surface area (Å²) in [4.78, 5) is 0. The second-order valence-corrected chi connectivity index (χ2v) is 5.21. The summed E-state index contributed by atoms with van der Waals surface area (Å²) in [6.07, 6.45) is 4.59. The third-order valence-electron chi connectivity index (χ3n) is 2.53. The van der Waals surface area contributed by atoms with Crippen molar-refractivity contribution in [2.75, 3.05) is 6.54 Å². The lowest BCUT2D eigenvalue weighted by atomic mass is 10.2. The SMILES string of the molecule is Clc1ccc(CNCCCn2ccnn2)cc1Br. The van der Waals surface area contributed by atoms with Gasteiger partial charge in [0.2, 0.25) is 0 Å². The molecule has 0 aliphatic carbocycles. The molecule has 1 heterocycles. The Morgan fingerprint density at radius 3 is 3.00 bits per heavy atom. The molecule has 6 heteroatoms. The van der Waals surface area contributed by atoms with E-state index in [0.717, 1.165) is 35.6 Å². The maximum absolute atomic E-state index is 5.94. The van der Waals surface area contributed by atoms with E-state index >= 15 is 0 Å². The number of nitrogens with zero attached hydrogens (tertiary/aromatic N) is 3. The zero-order valence-corrected chi connectivity index (χ0v) is 12.2. The van der Waals surface area contributed by atoms with Gasteiger partial charge in [-0.2, -0.15) is 0 Å². The fourth-order valence-electron chi connectivity index (χ4n) is 1.60. The maximum Gasteiger partial charge on any atom is 0.0692 e. The van der Waals surface area contributed by atoms with Crippen LogP contribution in [0.3, 0.4) is 0 Å². The topological polar surface area (TPSA) is 42.7 Å². The summed E-state index contributed by atoms with van der Waals surface area (Å²) in [5, 5.41) is 11.8. The fraction of sp³-hybridized carbons (Fsp3) is 0.333. The van der Waals surface area contributed by atoms with Gasteiger partial charge in [-0.1, -0.05) is 22.9 Å². The Kier molecular flexibility index (Phi) is 5.16. The smallest absolute Gasteiger partial charge is 0.0692 e. The van der Waals surface area contributed by atoms with E-state index in [2.05, 4.69) is 31.6 Å². The fourth-order valence-corrected chi connectivity index (χ4v) is 2.14. The molecule has 2 rings (SSSR count). The highest BCUT2D eigenvalue weighted by Gasteiger charge is 1.99. The zero-order chi connectivity index (χ0) is 12.8. The molecule has 96 valence electrons. The molecule has 0 atom stereocenters. The molecule has 1 aromatic heterocycles. The van der Waals surface area contributed by atoms with Crippen molar-refractivity contribution in [3.05, 3.63) is 45.7 Å². The maximum atomic E-state index is 5.94. The van der Waals surface area contributed by atoms with Gasteiger partial charge in [0, 0.05) is 23.8 Å². The van der Waals surface area contributed by atoms with Crippen LogP contribution in [0.4, 0.5) is 0 Å². The van der Waals surface area contributed by atoms with Crippen LogP contribution in [-0.4, -0.2) is 21.5 Å². The number of aryl methyl sites for hydroxylation is 1. The molecule has 0 aliphatic rings. The summed E-state index contributed by atoms with van der Waals surface area (Å²) in [6.45, 7) is 2.67. The van der Waals surface area contributed by atoms with Crippen LogP contribution in [0.25, 0.3) is 0 Å². The van der Waals surface area contributed by atoms with Gasteiger partial charge in [-0.25, -0.2) is 0 Å². The Bertz CT molecular complexity index is 487. The van der Waals surface area contributed by atoms with Crippen molar-refractivity contribution in [3.63, 3.8) is 0 Å². The van der Waals surface area contributed by atoms with Crippen molar-refractivity contribution < 1.29 is 0 Å². The standard InChI is InChI=1S/C12H14BrClN4/c13-11-8-10(2-3-12(11)14)9-15-4-1-6-18-7-5-16-17-18/h2-3,5,7-8,15H,1,4,6,9H2. The summed E-state index contributed by atoms with van der Waals surface area (Å²) in [6, 6.07) is 5.96. The number of nitrogens with one attached hydrogen (secondary N) is 1. The van der Waals surface area contributed by atoms with Gasteiger partial charge in [0.25, 0.3) is 0 Å². The molecule has 0 spiro atoms. The summed E-state index contributed by atoms with van der Waals surface area (Å²) in [7, 11) is 0. The minimum absolute atomic E-state index is 0.741. The highest BCUT2D eigenvalue weighted by Crippen LogP contribution is 2.22. The number of rotatable bonds is 6. The van der Waals surface area contributed by atoms with Crippen LogP contribution in [0.1, 0.15) is 12.0 Å². The Balaban J connectivity index is 1.67. The first kappa shape index (κ1) is 13.5. The Hall–Kier alpha value is -0.910. The quantitative estimate of drug-likeness (QED) is 0.829. The van der Waals surface area contributed by atoms with E-state index in [0.29, 0.717) is 0 Å². The van der Waals surface area contributed by atoms with Crippen molar-refractivity contribution in [1.82, 2.24) is 20.3 Å². The molecule has 1 N–H and O–H groups in total. The van der Waals surface area contributed by atoms with E-state index < -0.39 is 0 Å². The normalized spacial score (nSPS) is 10.8. The first-order chi connectivity index (χ1) is 8.75. The number of benzene rings is 1. The number of hydrogen-bond donors (Lipinski definition) is 1. The second-order valence-electron chi connectivity index (χ2n) is 3.94. The minimum atomic E-state index is 0.741. The van der Waals surface area contributed by atoms with Crippen molar-refractivity contribution in [3.8, 4) is 0 Å². The van der Waals surface area contributed by atoms with E-state index in [4.69, 9.17) is 11.6 Å². The molecule has 1 aromatic carbocycles. The predicted octanol–water partition coefficient (Wildman–Crippen LogP) is 2.87. The highest BCUT2D eigenvalue weighted by atomic mass is 79.9. The molecule has 18 heavy (non-hydrogen) atoms. The molecule has 0 fully saturated rings. The van der Waals surface area contributed by atoms with Crippen molar-refractivity contribution >= 4 is 27.5 Å². The van der Waals surface area contributed by atoms with Crippen LogP contribution >= 0.6 is 27.5 Å². The van der Waals surface area contributed by atoms with E-state index in [1.54, 1.807) is 6.20 Å². The molecular weight excluding hydrogens is 316 g/mol. The molecule has 4 nitrogen and oxygen atoms in total.